The summed E-state index contributed by atoms with van der Waals surface area (Å²) in [6.45, 7) is 4.85. The molecule has 2 aromatic heterocycles. The first-order chi connectivity index (χ1) is 15.2. The van der Waals surface area contributed by atoms with E-state index in [1.165, 1.54) is 11.3 Å². The number of fused-ring (bicyclic) bond motifs is 1. The van der Waals surface area contributed by atoms with Gasteiger partial charge in [-0.25, -0.2) is 14.8 Å². The summed E-state index contributed by atoms with van der Waals surface area (Å²) in [7, 11) is 0. The van der Waals surface area contributed by atoms with E-state index in [9.17, 15) is 4.79 Å². The van der Waals surface area contributed by atoms with Crippen molar-refractivity contribution in [2.45, 2.75) is 13.8 Å². The van der Waals surface area contributed by atoms with Gasteiger partial charge in [-0.15, -0.1) is 0 Å². The third-order valence-electron chi connectivity index (χ3n) is 4.34. The predicted molar refractivity (Wildman–Crippen MR) is 124 cm³/mol. The van der Waals surface area contributed by atoms with E-state index in [1.54, 1.807) is 24.4 Å². The SMILES string of the molecule is CCOc1ccc(NC(=O)Nc2cccc(-c3nc4cccnc4s3)c2)cc1OCC. The molecule has 0 aliphatic carbocycles. The number of carbonyl (C=O) groups is 1. The lowest BCUT2D eigenvalue weighted by molar-refractivity contribution is 0.262. The largest absolute Gasteiger partial charge is 0.490 e. The second-order valence-corrected chi connectivity index (χ2v) is 7.51. The van der Waals surface area contributed by atoms with E-state index in [0.717, 1.165) is 20.9 Å². The van der Waals surface area contributed by atoms with Crippen LogP contribution in [-0.4, -0.2) is 29.2 Å². The molecule has 4 aromatic rings. The molecule has 2 amide bonds. The van der Waals surface area contributed by atoms with Crippen LogP contribution in [-0.2, 0) is 0 Å². The van der Waals surface area contributed by atoms with Crippen molar-refractivity contribution >= 4 is 39.1 Å². The first-order valence-electron chi connectivity index (χ1n) is 9.96. The van der Waals surface area contributed by atoms with E-state index in [1.807, 2.05) is 50.2 Å². The Hall–Kier alpha value is -3.65. The molecule has 7 nitrogen and oxygen atoms in total. The van der Waals surface area contributed by atoms with Crippen LogP contribution in [0.4, 0.5) is 16.2 Å². The minimum absolute atomic E-state index is 0.352. The number of rotatable bonds is 7. The minimum atomic E-state index is -0.352. The van der Waals surface area contributed by atoms with Crippen LogP contribution in [0.1, 0.15) is 13.8 Å². The Morgan fingerprint density at radius 2 is 1.71 bits per heavy atom. The highest BCUT2D eigenvalue weighted by Crippen LogP contribution is 2.32. The fraction of sp³-hybridized carbons (Fsp3) is 0.174. The second kappa shape index (κ2) is 9.44. The Morgan fingerprint density at radius 3 is 2.48 bits per heavy atom. The summed E-state index contributed by atoms with van der Waals surface area (Å²) < 4.78 is 11.2. The van der Waals surface area contributed by atoms with Crippen molar-refractivity contribution in [1.82, 2.24) is 9.97 Å². The van der Waals surface area contributed by atoms with Crippen LogP contribution in [0, 0.1) is 0 Å². The highest BCUT2D eigenvalue weighted by atomic mass is 32.1. The number of thiazole rings is 1. The molecule has 0 atom stereocenters. The van der Waals surface area contributed by atoms with Gasteiger partial charge in [-0.05, 0) is 50.2 Å². The minimum Gasteiger partial charge on any atom is -0.490 e. The molecular weight excluding hydrogens is 412 g/mol. The standard InChI is InChI=1S/C23H22N4O3S/c1-3-29-19-11-10-17(14-20(19)30-4-2)26-23(28)25-16-8-5-7-15(13-16)21-27-18-9-6-12-24-22(18)31-21/h5-14H,3-4H2,1-2H3,(H2,25,26,28). The molecule has 4 rings (SSSR count). The van der Waals surface area contributed by atoms with E-state index in [-0.39, 0.29) is 6.03 Å². The molecule has 0 unspecified atom stereocenters. The lowest BCUT2D eigenvalue weighted by Crippen LogP contribution is -2.19. The highest BCUT2D eigenvalue weighted by molar-refractivity contribution is 7.21. The van der Waals surface area contributed by atoms with E-state index in [2.05, 4.69) is 20.6 Å². The summed E-state index contributed by atoms with van der Waals surface area (Å²) in [6.07, 6.45) is 1.75. The molecule has 0 aliphatic heterocycles. The number of nitrogens with one attached hydrogen (secondary N) is 2. The molecule has 8 heteroatoms. The van der Waals surface area contributed by atoms with Gasteiger partial charge in [0.15, 0.2) is 11.5 Å². The van der Waals surface area contributed by atoms with Crippen molar-refractivity contribution in [3.8, 4) is 22.1 Å². The van der Waals surface area contributed by atoms with E-state index in [0.29, 0.717) is 36.1 Å². The number of anilines is 2. The van der Waals surface area contributed by atoms with Crippen molar-refractivity contribution in [3.63, 3.8) is 0 Å². The van der Waals surface area contributed by atoms with Gasteiger partial charge in [0.1, 0.15) is 15.4 Å². The number of benzene rings is 2. The first-order valence-corrected chi connectivity index (χ1v) is 10.8. The molecule has 0 saturated carbocycles. The van der Waals surface area contributed by atoms with Crippen LogP contribution < -0.4 is 20.1 Å². The molecule has 0 spiro atoms. The lowest BCUT2D eigenvalue weighted by atomic mass is 10.2. The molecular formula is C23H22N4O3S. The van der Waals surface area contributed by atoms with Crippen molar-refractivity contribution in [1.29, 1.82) is 0 Å². The average Bonchev–Trinajstić information content (AvgIpc) is 3.20. The normalized spacial score (nSPS) is 10.6. The van der Waals surface area contributed by atoms with Crippen LogP contribution in [0.5, 0.6) is 11.5 Å². The van der Waals surface area contributed by atoms with Gasteiger partial charge in [0, 0.05) is 29.2 Å². The Balaban J connectivity index is 1.47. The van der Waals surface area contributed by atoms with Gasteiger partial charge >= 0.3 is 6.03 Å². The van der Waals surface area contributed by atoms with Gasteiger partial charge in [-0.2, -0.15) is 0 Å². The molecule has 2 N–H and O–H groups in total. The summed E-state index contributed by atoms with van der Waals surface area (Å²) >= 11 is 1.52. The molecule has 31 heavy (non-hydrogen) atoms. The Morgan fingerprint density at radius 1 is 0.935 bits per heavy atom. The molecule has 0 bridgehead atoms. The summed E-state index contributed by atoms with van der Waals surface area (Å²) in [6, 6.07) is 16.3. The quantitative estimate of drug-likeness (QED) is 0.384. The van der Waals surface area contributed by atoms with Crippen LogP contribution in [0.25, 0.3) is 20.9 Å². The maximum absolute atomic E-state index is 12.5. The summed E-state index contributed by atoms with van der Waals surface area (Å²) in [5.41, 5.74) is 3.05. The van der Waals surface area contributed by atoms with Crippen LogP contribution in [0.15, 0.2) is 60.8 Å². The number of nitrogens with zero attached hydrogens (tertiary/aromatic N) is 2. The van der Waals surface area contributed by atoms with Gasteiger partial charge < -0.3 is 20.1 Å². The van der Waals surface area contributed by atoms with Crippen LogP contribution in [0.2, 0.25) is 0 Å². The maximum Gasteiger partial charge on any atom is 0.323 e. The van der Waals surface area contributed by atoms with Gasteiger partial charge in [-0.1, -0.05) is 23.5 Å². The number of carbonyl (C=O) groups excluding carboxylic acids is 1. The summed E-state index contributed by atoms with van der Waals surface area (Å²) in [4.78, 5) is 22.4. The first kappa shape index (κ1) is 20.6. The smallest absolute Gasteiger partial charge is 0.323 e. The van der Waals surface area contributed by atoms with Crippen molar-refractivity contribution in [3.05, 3.63) is 60.8 Å². The van der Waals surface area contributed by atoms with Crippen LogP contribution in [0.3, 0.4) is 0 Å². The zero-order chi connectivity index (χ0) is 21.6. The number of aromatic nitrogens is 2. The number of urea groups is 1. The fourth-order valence-corrected chi connectivity index (χ4v) is 3.95. The van der Waals surface area contributed by atoms with E-state index < -0.39 is 0 Å². The fourth-order valence-electron chi connectivity index (χ4n) is 3.05. The molecule has 0 fully saturated rings. The van der Waals surface area contributed by atoms with Gasteiger partial charge in [-0.3, -0.25) is 0 Å². The molecule has 0 saturated heterocycles. The summed E-state index contributed by atoms with van der Waals surface area (Å²) in [5, 5.41) is 6.55. The average molecular weight is 435 g/mol. The Bertz CT molecular complexity index is 1180. The lowest BCUT2D eigenvalue weighted by Gasteiger charge is -2.13. The van der Waals surface area contributed by atoms with Crippen LogP contribution >= 0.6 is 11.3 Å². The van der Waals surface area contributed by atoms with Crippen molar-refractivity contribution in [2.24, 2.45) is 0 Å². The molecule has 0 aliphatic rings. The van der Waals surface area contributed by atoms with Gasteiger partial charge in [0.05, 0.1) is 13.2 Å². The van der Waals surface area contributed by atoms with E-state index >= 15 is 0 Å². The molecule has 2 heterocycles. The second-order valence-electron chi connectivity index (χ2n) is 6.53. The van der Waals surface area contributed by atoms with E-state index in [4.69, 9.17) is 9.47 Å². The third-order valence-corrected chi connectivity index (χ3v) is 5.36. The van der Waals surface area contributed by atoms with Crippen molar-refractivity contribution in [2.75, 3.05) is 23.8 Å². The van der Waals surface area contributed by atoms with Gasteiger partial charge in [0.25, 0.3) is 0 Å². The molecule has 158 valence electrons. The highest BCUT2D eigenvalue weighted by Gasteiger charge is 2.11. The zero-order valence-electron chi connectivity index (χ0n) is 17.2. The zero-order valence-corrected chi connectivity index (χ0v) is 18.0. The number of ether oxygens (including phenoxy) is 2. The molecule has 2 aromatic carbocycles. The molecule has 0 radical (unpaired) electrons. The predicted octanol–water partition coefficient (Wildman–Crippen LogP) is 5.80. The third kappa shape index (κ3) is 4.92. The monoisotopic (exact) mass is 434 g/mol. The summed E-state index contributed by atoms with van der Waals surface area (Å²) in [5.74, 6) is 1.24. The van der Waals surface area contributed by atoms with Crippen molar-refractivity contribution < 1.29 is 14.3 Å². The topological polar surface area (TPSA) is 85.4 Å². The number of hydrogen-bond donors (Lipinski definition) is 2. The maximum atomic E-state index is 12.5. The number of pyridine rings is 1. The number of amides is 2. The Kier molecular flexibility index (Phi) is 6.28. The van der Waals surface area contributed by atoms with Gasteiger partial charge in [0.2, 0.25) is 0 Å². The number of hydrogen-bond acceptors (Lipinski definition) is 6. The Labute approximate surface area is 184 Å².